The van der Waals surface area contributed by atoms with E-state index in [-0.39, 0.29) is 12.1 Å². The fraction of sp³-hybridized carbons (Fsp3) is 0.467. The van der Waals surface area contributed by atoms with Gasteiger partial charge in [-0.3, -0.25) is 0 Å². The van der Waals surface area contributed by atoms with E-state index in [2.05, 4.69) is 18.2 Å². The molecule has 0 radical (unpaired) electrons. The molecular weight excluding hydrogens is 210 g/mol. The Morgan fingerprint density at radius 1 is 1.24 bits per heavy atom. The maximum Gasteiger partial charge on any atom is 0.123 e. The Bertz CT molecular complexity index is 413. The van der Waals surface area contributed by atoms with Crippen molar-refractivity contribution in [3.8, 4) is 5.75 Å². The fourth-order valence-corrected chi connectivity index (χ4v) is 2.81. The number of nitrogens with two attached hydrogens (primary N) is 1. The van der Waals surface area contributed by atoms with Gasteiger partial charge in [0.05, 0.1) is 6.04 Å². The highest BCUT2D eigenvalue weighted by atomic mass is 16.5. The summed E-state index contributed by atoms with van der Waals surface area (Å²) in [5.41, 5.74) is 9.03. The summed E-state index contributed by atoms with van der Waals surface area (Å²) in [4.78, 5) is 0. The molecule has 17 heavy (non-hydrogen) atoms. The molecule has 0 amide bonds. The zero-order valence-electron chi connectivity index (χ0n) is 10.1. The molecule has 0 fully saturated rings. The van der Waals surface area contributed by atoms with Crippen molar-refractivity contribution in [2.45, 2.75) is 44.2 Å². The van der Waals surface area contributed by atoms with Gasteiger partial charge in [-0.1, -0.05) is 29.8 Å². The molecule has 2 heteroatoms. The molecule has 2 N–H and O–H groups in total. The van der Waals surface area contributed by atoms with E-state index in [4.69, 9.17) is 10.5 Å². The second-order valence-electron chi connectivity index (χ2n) is 5.02. The fourth-order valence-electron chi connectivity index (χ4n) is 2.81. The Kier molecular flexibility index (Phi) is 2.89. The molecule has 3 rings (SSSR count). The predicted molar refractivity (Wildman–Crippen MR) is 69.1 cm³/mol. The van der Waals surface area contributed by atoms with Gasteiger partial charge in [0, 0.05) is 6.42 Å². The Labute approximate surface area is 102 Å². The molecule has 1 heterocycles. The summed E-state index contributed by atoms with van der Waals surface area (Å²) in [7, 11) is 0. The molecule has 0 bridgehead atoms. The van der Waals surface area contributed by atoms with E-state index in [0.717, 1.165) is 18.6 Å². The normalized spacial score (nSPS) is 24.8. The lowest BCUT2D eigenvalue weighted by Gasteiger charge is -2.24. The highest BCUT2D eigenvalue weighted by Crippen LogP contribution is 2.32. The number of rotatable bonds is 2. The van der Waals surface area contributed by atoms with Gasteiger partial charge in [-0.15, -0.1) is 0 Å². The third-order valence-electron chi connectivity index (χ3n) is 3.83. The van der Waals surface area contributed by atoms with Crippen LogP contribution in [0.1, 0.15) is 31.2 Å². The van der Waals surface area contributed by atoms with Crippen LogP contribution in [-0.4, -0.2) is 12.1 Å². The second kappa shape index (κ2) is 4.53. The molecule has 0 spiro atoms. The van der Waals surface area contributed by atoms with E-state index in [1.165, 1.54) is 30.4 Å². The summed E-state index contributed by atoms with van der Waals surface area (Å²) in [5.74, 6) is 1.02. The Hall–Kier alpha value is -1.28. The van der Waals surface area contributed by atoms with Crippen LogP contribution < -0.4 is 10.5 Å². The van der Waals surface area contributed by atoms with E-state index in [0.29, 0.717) is 0 Å². The summed E-state index contributed by atoms with van der Waals surface area (Å²) >= 11 is 0. The molecule has 90 valence electrons. The molecule has 1 aliphatic heterocycles. The van der Waals surface area contributed by atoms with Crippen LogP contribution >= 0.6 is 0 Å². The molecular formula is C15H19NO. The van der Waals surface area contributed by atoms with Crippen LogP contribution in [0.4, 0.5) is 0 Å². The first-order valence-corrected chi connectivity index (χ1v) is 6.53. The van der Waals surface area contributed by atoms with Crippen molar-refractivity contribution in [3.63, 3.8) is 0 Å². The van der Waals surface area contributed by atoms with Crippen LogP contribution in [0, 0.1) is 0 Å². The Balaban J connectivity index is 1.73. The molecule has 1 aliphatic carbocycles. The van der Waals surface area contributed by atoms with Crippen molar-refractivity contribution >= 4 is 0 Å². The maximum atomic E-state index is 6.34. The molecule has 2 aliphatic rings. The van der Waals surface area contributed by atoms with Crippen LogP contribution in [0.5, 0.6) is 5.75 Å². The smallest absolute Gasteiger partial charge is 0.123 e. The monoisotopic (exact) mass is 229 g/mol. The second-order valence-corrected chi connectivity index (χ2v) is 5.02. The van der Waals surface area contributed by atoms with Gasteiger partial charge in [0.1, 0.15) is 11.9 Å². The molecule has 2 nitrogen and oxygen atoms in total. The van der Waals surface area contributed by atoms with Crippen molar-refractivity contribution < 1.29 is 4.74 Å². The Morgan fingerprint density at radius 2 is 2.12 bits per heavy atom. The largest absolute Gasteiger partial charge is 0.488 e. The van der Waals surface area contributed by atoms with E-state index in [9.17, 15) is 0 Å². The first-order chi connectivity index (χ1) is 8.34. The van der Waals surface area contributed by atoms with Crippen LogP contribution in [0.3, 0.4) is 0 Å². The number of ether oxygens (including phenoxy) is 1. The van der Waals surface area contributed by atoms with Crippen LogP contribution in [0.15, 0.2) is 35.9 Å². The SMILES string of the molecule is NC(C1=CCCCC1)C1Cc2ccccc2O1. The van der Waals surface area contributed by atoms with E-state index in [1.54, 1.807) is 0 Å². The van der Waals surface area contributed by atoms with Crippen LogP contribution in [0.25, 0.3) is 0 Å². The van der Waals surface area contributed by atoms with Gasteiger partial charge >= 0.3 is 0 Å². The predicted octanol–water partition coefficient (Wildman–Crippen LogP) is 2.82. The van der Waals surface area contributed by atoms with Crippen LogP contribution in [0.2, 0.25) is 0 Å². The van der Waals surface area contributed by atoms with Gasteiger partial charge in [0.15, 0.2) is 0 Å². The summed E-state index contributed by atoms with van der Waals surface area (Å²) in [5, 5.41) is 0. The number of hydrogen-bond donors (Lipinski definition) is 1. The molecule has 1 aromatic rings. The topological polar surface area (TPSA) is 35.2 Å². The van der Waals surface area contributed by atoms with Crippen molar-refractivity contribution in [2.24, 2.45) is 5.73 Å². The lowest BCUT2D eigenvalue weighted by atomic mass is 9.90. The first-order valence-electron chi connectivity index (χ1n) is 6.53. The van der Waals surface area contributed by atoms with Gasteiger partial charge in [-0.05, 0) is 37.3 Å². The number of para-hydroxylation sites is 1. The third-order valence-corrected chi connectivity index (χ3v) is 3.83. The minimum atomic E-state index is 0.0719. The number of hydrogen-bond acceptors (Lipinski definition) is 2. The summed E-state index contributed by atoms with van der Waals surface area (Å²) < 4.78 is 5.96. The summed E-state index contributed by atoms with van der Waals surface area (Å²) in [6, 6.07) is 8.33. The summed E-state index contributed by atoms with van der Waals surface area (Å²) in [6.45, 7) is 0. The minimum absolute atomic E-state index is 0.0719. The van der Waals surface area contributed by atoms with Gasteiger partial charge in [-0.25, -0.2) is 0 Å². The molecule has 0 aromatic heterocycles. The van der Waals surface area contributed by atoms with Crippen LogP contribution in [-0.2, 0) is 6.42 Å². The number of allylic oxidation sites excluding steroid dienone is 1. The number of fused-ring (bicyclic) bond motifs is 1. The van der Waals surface area contributed by atoms with E-state index in [1.807, 2.05) is 12.1 Å². The molecule has 0 saturated carbocycles. The van der Waals surface area contributed by atoms with Gasteiger partial charge < -0.3 is 10.5 Å². The standard InChI is InChI=1S/C15H19NO/c16-15(11-6-2-1-3-7-11)14-10-12-8-4-5-9-13(12)17-14/h4-6,8-9,14-15H,1-3,7,10,16H2. The van der Waals surface area contributed by atoms with Crippen molar-refractivity contribution in [3.05, 3.63) is 41.5 Å². The lowest BCUT2D eigenvalue weighted by Crippen LogP contribution is -2.39. The highest BCUT2D eigenvalue weighted by Gasteiger charge is 2.30. The van der Waals surface area contributed by atoms with Gasteiger partial charge in [-0.2, -0.15) is 0 Å². The highest BCUT2D eigenvalue weighted by molar-refractivity contribution is 5.38. The lowest BCUT2D eigenvalue weighted by molar-refractivity contribution is 0.209. The average molecular weight is 229 g/mol. The van der Waals surface area contributed by atoms with E-state index < -0.39 is 0 Å². The number of benzene rings is 1. The zero-order valence-corrected chi connectivity index (χ0v) is 10.1. The van der Waals surface area contributed by atoms with Gasteiger partial charge in [0.2, 0.25) is 0 Å². The average Bonchev–Trinajstić information content (AvgIpc) is 2.82. The molecule has 2 unspecified atom stereocenters. The van der Waals surface area contributed by atoms with Crippen molar-refractivity contribution in [1.29, 1.82) is 0 Å². The Morgan fingerprint density at radius 3 is 2.88 bits per heavy atom. The quantitative estimate of drug-likeness (QED) is 0.791. The third kappa shape index (κ3) is 2.09. The van der Waals surface area contributed by atoms with Crippen molar-refractivity contribution in [1.82, 2.24) is 0 Å². The minimum Gasteiger partial charge on any atom is -0.488 e. The van der Waals surface area contributed by atoms with Gasteiger partial charge in [0.25, 0.3) is 0 Å². The maximum absolute atomic E-state index is 6.34. The molecule has 1 aromatic carbocycles. The molecule has 2 atom stereocenters. The van der Waals surface area contributed by atoms with E-state index >= 15 is 0 Å². The molecule has 0 saturated heterocycles. The zero-order chi connectivity index (χ0) is 11.7. The van der Waals surface area contributed by atoms with Crippen molar-refractivity contribution in [2.75, 3.05) is 0 Å². The summed E-state index contributed by atoms with van der Waals surface area (Å²) in [6.07, 6.45) is 8.33. The first kappa shape index (κ1) is 10.8.